The Kier molecular flexibility index (Phi) is 4.35. The molecule has 0 spiro atoms. The van der Waals surface area contributed by atoms with Crippen LogP contribution in [0.2, 0.25) is 0 Å². The first kappa shape index (κ1) is 11.5. The summed E-state index contributed by atoms with van der Waals surface area (Å²) in [4.78, 5) is 13.4. The molecule has 0 unspecified atom stereocenters. The summed E-state index contributed by atoms with van der Waals surface area (Å²) in [6.45, 7) is 5.92. The molecule has 0 aromatic rings. The van der Waals surface area contributed by atoms with Crippen molar-refractivity contribution < 1.29 is 9.90 Å². The summed E-state index contributed by atoms with van der Waals surface area (Å²) in [6, 6.07) is 0.245. The fraction of sp³-hybridized carbons (Fsp3) is 0.900. The van der Waals surface area contributed by atoms with Crippen molar-refractivity contribution in [3.8, 4) is 0 Å². The summed E-state index contributed by atoms with van der Waals surface area (Å²) in [6.07, 6.45) is 1.50. The van der Waals surface area contributed by atoms with Crippen molar-refractivity contribution in [3.63, 3.8) is 0 Å². The van der Waals surface area contributed by atoms with Crippen molar-refractivity contribution in [1.82, 2.24) is 10.2 Å². The Morgan fingerprint density at radius 2 is 2.43 bits per heavy atom. The van der Waals surface area contributed by atoms with Crippen LogP contribution in [0.5, 0.6) is 0 Å². The molecule has 0 aliphatic carbocycles. The van der Waals surface area contributed by atoms with Crippen LogP contribution in [0, 0.1) is 0 Å². The molecule has 1 aliphatic rings. The lowest BCUT2D eigenvalue weighted by Gasteiger charge is -2.16. The molecule has 0 aromatic carbocycles. The number of nitrogens with one attached hydrogen (secondary N) is 1. The number of nitrogens with zero attached hydrogens (tertiary/aromatic N) is 1. The second-order valence-electron chi connectivity index (χ2n) is 4.05. The average Bonchev–Trinajstić information content (AvgIpc) is 2.50. The van der Waals surface area contributed by atoms with Gasteiger partial charge in [0.15, 0.2) is 0 Å². The van der Waals surface area contributed by atoms with Gasteiger partial charge in [-0.1, -0.05) is 6.92 Å². The molecule has 2 atom stereocenters. The van der Waals surface area contributed by atoms with E-state index in [4.69, 9.17) is 0 Å². The van der Waals surface area contributed by atoms with Gasteiger partial charge in [0.05, 0.1) is 12.6 Å². The van der Waals surface area contributed by atoms with E-state index in [0.29, 0.717) is 13.1 Å². The van der Waals surface area contributed by atoms with Gasteiger partial charge in [0, 0.05) is 19.1 Å². The highest BCUT2D eigenvalue weighted by atomic mass is 16.3. The van der Waals surface area contributed by atoms with Crippen LogP contribution in [0.3, 0.4) is 0 Å². The van der Waals surface area contributed by atoms with Crippen LogP contribution in [0.1, 0.15) is 26.7 Å². The van der Waals surface area contributed by atoms with Crippen LogP contribution >= 0.6 is 0 Å². The third-order valence-corrected chi connectivity index (χ3v) is 2.63. The third-order valence-electron chi connectivity index (χ3n) is 2.63. The standard InChI is InChI=1S/C10H20N2O2/c1-3-8(2)11-10(14)7-12-5-4-9(13)6-12/h8-9,13H,3-7H2,1-2H3,(H,11,14)/t8-,9-/m1/s1. The van der Waals surface area contributed by atoms with Crippen molar-refractivity contribution in [2.24, 2.45) is 0 Å². The number of aliphatic hydroxyl groups excluding tert-OH is 1. The molecule has 1 aliphatic heterocycles. The Labute approximate surface area is 85.3 Å². The highest BCUT2D eigenvalue weighted by Gasteiger charge is 2.22. The second-order valence-corrected chi connectivity index (χ2v) is 4.05. The fourth-order valence-corrected chi connectivity index (χ4v) is 1.58. The molecule has 1 heterocycles. The van der Waals surface area contributed by atoms with E-state index in [1.165, 1.54) is 0 Å². The largest absolute Gasteiger partial charge is 0.392 e. The number of carbonyl (C=O) groups excluding carboxylic acids is 1. The highest BCUT2D eigenvalue weighted by Crippen LogP contribution is 2.07. The number of likely N-dealkylation sites (tertiary alicyclic amines) is 1. The third kappa shape index (κ3) is 3.64. The Hall–Kier alpha value is -0.610. The number of hydrogen-bond donors (Lipinski definition) is 2. The molecule has 4 heteroatoms. The second kappa shape index (κ2) is 5.32. The topological polar surface area (TPSA) is 52.6 Å². The van der Waals surface area contributed by atoms with Gasteiger partial charge < -0.3 is 10.4 Å². The van der Waals surface area contributed by atoms with Crippen LogP contribution in [0.25, 0.3) is 0 Å². The molecule has 1 amide bonds. The van der Waals surface area contributed by atoms with E-state index in [-0.39, 0.29) is 18.1 Å². The molecule has 1 saturated heterocycles. The predicted octanol–water partition coefficient (Wildman–Crippen LogP) is -0.0323. The molecule has 0 bridgehead atoms. The summed E-state index contributed by atoms with van der Waals surface area (Å²) in [5.41, 5.74) is 0. The van der Waals surface area contributed by atoms with Crippen molar-refractivity contribution in [2.45, 2.75) is 38.8 Å². The molecule has 1 fully saturated rings. The molecule has 4 nitrogen and oxygen atoms in total. The van der Waals surface area contributed by atoms with Gasteiger partial charge in [-0.2, -0.15) is 0 Å². The average molecular weight is 200 g/mol. The van der Waals surface area contributed by atoms with Crippen molar-refractivity contribution in [2.75, 3.05) is 19.6 Å². The monoisotopic (exact) mass is 200 g/mol. The van der Waals surface area contributed by atoms with Crippen LogP contribution in [-0.4, -0.2) is 47.7 Å². The van der Waals surface area contributed by atoms with Crippen molar-refractivity contribution in [3.05, 3.63) is 0 Å². The molecular weight excluding hydrogens is 180 g/mol. The van der Waals surface area contributed by atoms with Gasteiger partial charge in [-0.25, -0.2) is 0 Å². The van der Waals surface area contributed by atoms with Gasteiger partial charge in [-0.3, -0.25) is 9.69 Å². The molecule has 0 saturated carbocycles. The first-order valence-corrected chi connectivity index (χ1v) is 5.31. The molecule has 82 valence electrons. The Morgan fingerprint density at radius 3 is 2.93 bits per heavy atom. The molecule has 1 rings (SSSR count). The minimum atomic E-state index is -0.244. The first-order valence-electron chi connectivity index (χ1n) is 5.31. The summed E-state index contributed by atoms with van der Waals surface area (Å²) < 4.78 is 0. The van der Waals surface area contributed by atoms with Gasteiger partial charge in [-0.15, -0.1) is 0 Å². The zero-order chi connectivity index (χ0) is 10.6. The van der Waals surface area contributed by atoms with Crippen LogP contribution in [0.4, 0.5) is 0 Å². The van der Waals surface area contributed by atoms with Crippen LogP contribution < -0.4 is 5.32 Å². The summed E-state index contributed by atoms with van der Waals surface area (Å²) in [7, 11) is 0. The molecule has 2 N–H and O–H groups in total. The fourth-order valence-electron chi connectivity index (χ4n) is 1.58. The van der Waals surface area contributed by atoms with Crippen molar-refractivity contribution >= 4 is 5.91 Å². The van der Waals surface area contributed by atoms with Gasteiger partial charge in [-0.05, 0) is 19.8 Å². The van der Waals surface area contributed by atoms with E-state index < -0.39 is 0 Å². The zero-order valence-corrected chi connectivity index (χ0v) is 8.99. The van der Waals surface area contributed by atoms with E-state index in [2.05, 4.69) is 5.32 Å². The minimum absolute atomic E-state index is 0.0634. The van der Waals surface area contributed by atoms with Gasteiger partial charge >= 0.3 is 0 Å². The SMILES string of the molecule is CC[C@@H](C)NC(=O)CN1CC[C@@H](O)C1. The lowest BCUT2D eigenvalue weighted by molar-refractivity contribution is -0.122. The highest BCUT2D eigenvalue weighted by molar-refractivity contribution is 5.78. The van der Waals surface area contributed by atoms with Gasteiger partial charge in [0.1, 0.15) is 0 Å². The summed E-state index contributed by atoms with van der Waals surface area (Å²) in [5, 5.41) is 12.2. The van der Waals surface area contributed by atoms with Crippen LogP contribution in [0.15, 0.2) is 0 Å². The Balaban J connectivity index is 2.20. The maximum Gasteiger partial charge on any atom is 0.234 e. The number of aliphatic hydroxyl groups is 1. The Morgan fingerprint density at radius 1 is 1.71 bits per heavy atom. The number of rotatable bonds is 4. The number of carbonyl (C=O) groups is 1. The van der Waals surface area contributed by atoms with E-state index in [9.17, 15) is 9.90 Å². The zero-order valence-electron chi connectivity index (χ0n) is 8.99. The first-order chi connectivity index (χ1) is 6.61. The predicted molar refractivity (Wildman–Crippen MR) is 55.0 cm³/mol. The number of hydrogen-bond acceptors (Lipinski definition) is 3. The lowest BCUT2D eigenvalue weighted by atomic mass is 10.2. The number of amides is 1. The van der Waals surface area contributed by atoms with E-state index in [0.717, 1.165) is 19.4 Å². The van der Waals surface area contributed by atoms with Crippen LogP contribution in [-0.2, 0) is 4.79 Å². The van der Waals surface area contributed by atoms with E-state index in [1.807, 2.05) is 18.7 Å². The quantitative estimate of drug-likeness (QED) is 0.670. The summed E-state index contributed by atoms with van der Waals surface area (Å²) >= 11 is 0. The normalized spacial score (nSPS) is 24.9. The molecule has 0 aromatic heterocycles. The Bertz CT molecular complexity index is 197. The smallest absolute Gasteiger partial charge is 0.234 e. The molecule has 0 radical (unpaired) electrons. The van der Waals surface area contributed by atoms with E-state index in [1.54, 1.807) is 0 Å². The summed E-state index contributed by atoms with van der Waals surface area (Å²) in [5.74, 6) is 0.0634. The van der Waals surface area contributed by atoms with Gasteiger partial charge in [0.2, 0.25) is 5.91 Å². The molecular formula is C10H20N2O2. The molecule has 14 heavy (non-hydrogen) atoms. The minimum Gasteiger partial charge on any atom is -0.392 e. The maximum absolute atomic E-state index is 11.4. The number of β-amino-alcohol motifs (C(OH)–C–C–N with tert-alkyl or cyclic N) is 1. The van der Waals surface area contributed by atoms with Gasteiger partial charge in [0.25, 0.3) is 0 Å². The lowest BCUT2D eigenvalue weighted by Crippen LogP contribution is -2.40. The maximum atomic E-state index is 11.4. The van der Waals surface area contributed by atoms with E-state index >= 15 is 0 Å². The van der Waals surface area contributed by atoms with Crippen molar-refractivity contribution in [1.29, 1.82) is 0 Å².